The molecular weight excluding hydrogens is 322 g/mol. The molecule has 2 N–H and O–H groups in total. The topological polar surface area (TPSA) is 61.4 Å². The van der Waals surface area contributed by atoms with Crippen molar-refractivity contribution in [3.05, 3.63) is 21.9 Å². The molecule has 1 aromatic heterocycles. The number of carbonyl (C=O) groups is 2. The van der Waals surface area contributed by atoms with Gasteiger partial charge in [0, 0.05) is 18.0 Å². The molecule has 2 heterocycles. The van der Waals surface area contributed by atoms with E-state index >= 15 is 0 Å². The summed E-state index contributed by atoms with van der Waals surface area (Å²) in [7, 11) is 0. The molecule has 132 valence electrons. The summed E-state index contributed by atoms with van der Waals surface area (Å²) in [6.45, 7) is 4.69. The van der Waals surface area contributed by atoms with E-state index < -0.39 is 6.04 Å². The number of carbonyl (C=O) groups excluding carboxylic acids is 2. The van der Waals surface area contributed by atoms with E-state index in [1.165, 1.54) is 23.3 Å². The molecule has 1 aliphatic carbocycles. The number of hydrogen-bond donors (Lipinski definition) is 2. The van der Waals surface area contributed by atoms with Crippen molar-refractivity contribution in [2.45, 2.75) is 51.6 Å². The van der Waals surface area contributed by atoms with Crippen LogP contribution in [0.3, 0.4) is 0 Å². The Balaban J connectivity index is 1.51. The number of fused-ring (bicyclic) bond motifs is 1. The number of thiophene rings is 1. The second-order valence-electron chi connectivity index (χ2n) is 6.86. The minimum atomic E-state index is -0.398. The molecule has 1 saturated carbocycles. The molecule has 5 nitrogen and oxygen atoms in total. The third kappa shape index (κ3) is 4.57. The average molecular weight is 350 g/mol. The van der Waals surface area contributed by atoms with Gasteiger partial charge in [0.1, 0.15) is 6.04 Å². The van der Waals surface area contributed by atoms with Crippen LogP contribution in [0.2, 0.25) is 0 Å². The van der Waals surface area contributed by atoms with E-state index in [2.05, 4.69) is 22.1 Å². The molecule has 1 aromatic rings. The number of rotatable bonds is 8. The van der Waals surface area contributed by atoms with E-state index in [0.29, 0.717) is 19.5 Å². The standard InChI is InChI=1S/C18H27N3O2S/c1-2-3-15(20-17(22)11-19-10-13-4-5-13)18(23)21-8-6-16-14(12-21)7-9-24-16/h7,9,13,15,19H,2-6,8,10-12H2,1H3,(H,20,22). The Kier molecular flexibility index (Phi) is 5.89. The highest BCUT2D eigenvalue weighted by atomic mass is 32.1. The van der Waals surface area contributed by atoms with E-state index in [0.717, 1.165) is 31.8 Å². The zero-order valence-corrected chi connectivity index (χ0v) is 15.2. The fraction of sp³-hybridized carbons (Fsp3) is 0.667. The average Bonchev–Trinajstić information content (AvgIpc) is 3.28. The van der Waals surface area contributed by atoms with Crippen molar-refractivity contribution in [3.8, 4) is 0 Å². The van der Waals surface area contributed by atoms with Crippen LogP contribution in [0.15, 0.2) is 11.4 Å². The van der Waals surface area contributed by atoms with Crippen LogP contribution >= 0.6 is 11.3 Å². The number of nitrogens with zero attached hydrogens (tertiary/aromatic N) is 1. The lowest BCUT2D eigenvalue weighted by molar-refractivity contribution is -0.137. The third-order valence-corrected chi connectivity index (χ3v) is 5.77. The van der Waals surface area contributed by atoms with Crippen molar-refractivity contribution < 1.29 is 9.59 Å². The van der Waals surface area contributed by atoms with Crippen LogP contribution < -0.4 is 10.6 Å². The first-order chi connectivity index (χ1) is 11.7. The molecule has 1 atom stereocenters. The van der Waals surface area contributed by atoms with Crippen molar-refractivity contribution in [3.63, 3.8) is 0 Å². The van der Waals surface area contributed by atoms with Gasteiger partial charge in [-0.05, 0) is 55.2 Å². The van der Waals surface area contributed by atoms with Crippen LogP contribution in [-0.2, 0) is 22.6 Å². The second-order valence-corrected chi connectivity index (χ2v) is 7.86. The van der Waals surface area contributed by atoms with Gasteiger partial charge in [-0.2, -0.15) is 0 Å². The maximum atomic E-state index is 12.8. The summed E-state index contributed by atoms with van der Waals surface area (Å²) >= 11 is 1.77. The molecule has 1 unspecified atom stereocenters. The van der Waals surface area contributed by atoms with Gasteiger partial charge in [-0.3, -0.25) is 9.59 Å². The lowest BCUT2D eigenvalue weighted by Crippen LogP contribution is -2.51. The van der Waals surface area contributed by atoms with Crippen LogP contribution in [0.25, 0.3) is 0 Å². The molecule has 0 spiro atoms. The first-order valence-corrected chi connectivity index (χ1v) is 9.89. The Bertz CT molecular complexity index is 583. The van der Waals surface area contributed by atoms with E-state index in [-0.39, 0.29) is 11.8 Å². The molecule has 3 rings (SSSR count). The minimum Gasteiger partial charge on any atom is -0.343 e. The zero-order valence-electron chi connectivity index (χ0n) is 14.3. The van der Waals surface area contributed by atoms with Crippen LogP contribution in [0, 0.1) is 5.92 Å². The van der Waals surface area contributed by atoms with Gasteiger partial charge in [-0.25, -0.2) is 0 Å². The van der Waals surface area contributed by atoms with Gasteiger partial charge in [-0.1, -0.05) is 13.3 Å². The molecule has 0 bridgehead atoms. The largest absolute Gasteiger partial charge is 0.343 e. The van der Waals surface area contributed by atoms with Crippen LogP contribution in [0.1, 0.15) is 43.0 Å². The van der Waals surface area contributed by atoms with Crippen LogP contribution in [-0.4, -0.2) is 42.4 Å². The molecule has 2 aliphatic rings. The maximum Gasteiger partial charge on any atom is 0.245 e. The SMILES string of the molecule is CCCC(NC(=O)CNCC1CC1)C(=O)N1CCc2sccc2C1. The summed E-state index contributed by atoms with van der Waals surface area (Å²) in [4.78, 5) is 28.3. The molecule has 6 heteroatoms. The summed E-state index contributed by atoms with van der Waals surface area (Å²) in [5.41, 5.74) is 1.26. The Labute approximate surface area is 147 Å². The summed E-state index contributed by atoms with van der Waals surface area (Å²) in [6.07, 6.45) is 5.04. The Morgan fingerprint density at radius 2 is 2.25 bits per heavy atom. The van der Waals surface area contributed by atoms with Gasteiger partial charge in [0.05, 0.1) is 6.54 Å². The van der Waals surface area contributed by atoms with Gasteiger partial charge in [0.25, 0.3) is 0 Å². The summed E-state index contributed by atoms with van der Waals surface area (Å²) in [6, 6.07) is 1.71. The highest BCUT2D eigenvalue weighted by Gasteiger charge is 2.28. The Morgan fingerprint density at radius 3 is 3.00 bits per heavy atom. The van der Waals surface area contributed by atoms with Gasteiger partial charge in [0.2, 0.25) is 11.8 Å². The Morgan fingerprint density at radius 1 is 1.42 bits per heavy atom. The quantitative estimate of drug-likeness (QED) is 0.754. The van der Waals surface area contributed by atoms with Gasteiger partial charge in [0.15, 0.2) is 0 Å². The minimum absolute atomic E-state index is 0.0595. The Hall–Kier alpha value is -1.40. The lowest BCUT2D eigenvalue weighted by atomic mass is 10.1. The summed E-state index contributed by atoms with van der Waals surface area (Å²) in [5, 5.41) is 8.22. The van der Waals surface area contributed by atoms with Crippen molar-refractivity contribution >= 4 is 23.2 Å². The second kappa shape index (κ2) is 8.12. The molecule has 0 aromatic carbocycles. The van der Waals surface area contributed by atoms with E-state index in [1.807, 2.05) is 11.8 Å². The first-order valence-electron chi connectivity index (χ1n) is 9.01. The van der Waals surface area contributed by atoms with Crippen molar-refractivity contribution in [2.24, 2.45) is 5.92 Å². The predicted molar refractivity (Wildman–Crippen MR) is 95.9 cm³/mol. The normalized spacial score (nSPS) is 18.1. The fourth-order valence-electron chi connectivity index (χ4n) is 3.16. The lowest BCUT2D eigenvalue weighted by Gasteiger charge is -2.31. The third-order valence-electron chi connectivity index (χ3n) is 4.75. The van der Waals surface area contributed by atoms with E-state index in [9.17, 15) is 9.59 Å². The number of nitrogens with one attached hydrogen (secondary N) is 2. The summed E-state index contributed by atoms with van der Waals surface area (Å²) in [5.74, 6) is 0.735. The predicted octanol–water partition coefficient (Wildman–Crippen LogP) is 1.92. The number of amides is 2. The molecule has 1 fully saturated rings. The summed E-state index contributed by atoms with van der Waals surface area (Å²) < 4.78 is 0. The van der Waals surface area contributed by atoms with Crippen LogP contribution in [0.5, 0.6) is 0 Å². The molecule has 2 amide bonds. The van der Waals surface area contributed by atoms with E-state index in [1.54, 1.807) is 11.3 Å². The smallest absolute Gasteiger partial charge is 0.245 e. The zero-order chi connectivity index (χ0) is 16.9. The molecular formula is C18H27N3O2S. The van der Waals surface area contributed by atoms with Crippen molar-refractivity contribution in [1.82, 2.24) is 15.5 Å². The van der Waals surface area contributed by atoms with Gasteiger partial charge >= 0.3 is 0 Å². The molecule has 1 aliphatic heterocycles. The molecule has 0 saturated heterocycles. The van der Waals surface area contributed by atoms with Crippen molar-refractivity contribution in [2.75, 3.05) is 19.6 Å². The first kappa shape index (κ1) is 17.4. The number of hydrogen-bond acceptors (Lipinski definition) is 4. The van der Waals surface area contributed by atoms with E-state index in [4.69, 9.17) is 0 Å². The highest BCUT2D eigenvalue weighted by molar-refractivity contribution is 7.10. The fourth-order valence-corrected chi connectivity index (χ4v) is 4.05. The maximum absolute atomic E-state index is 12.8. The molecule has 24 heavy (non-hydrogen) atoms. The molecule has 0 radical (unpaired) electrons. The van der Waals surface area contributed by atoms with Gasteiger partial charge in [-0.15, -0.1) is 11.3 Å². The monoisotopic (exact) mass is 349 g/mol. The van der Waals surface area contributed by atoms with Crippen molar-refractivity contribution in [1.29, 1.82) is 0 Å². The highest BCUT2D eigenvalue weighted by Crippen LogP contribution is 2.27. The van der Waals surface area contributed by atoms with Gasteiger partial charge < -0.3 is 15.5 Å². The van der Waals surface area contributed by atoms with Crippen LogP contribution in [0.4, 0.5) is 0 Å².